The molecule has 0 unspecified atom stereocenters. The predicted octanol–water partition coefficient (Wildman–Crippen LogP) is 2.88. The number of ether oxygens (including phenoxy) is 1. The Balaban J connectivity index is 2.58. The maximum absolute atomic E-state index is 11.4. The quantitative estimate of drug-likeness (QED) is 0.877. The van der Waals surface area contributed by atoms with Gasteiger partial charge in [-0.25, -0.2) is 8.42 Å². The zero-order valence-corrected chi connectivity index (χ0v) is 14.7. The molecule has 0 spiro atoms. The summed E-state index contributed by atoms with van der Waals surface area (Å²) in [5, 5.41) is 3.47. The van der Waals surface area contributed by atoms with Crippen LogP contribution >= 0.6 is 0 Å². The lowest BCUT2D eigenvalue weighted by atomic mass is 9.93. The van der Waals surface area contributed by atoms with Gasteiger partial charge in [0, 0.05) is 23.8 Å². The largest absolute Gasteiger partial charge is 0.493 e. The van der Waals surface area contributed by atoms with Crippen LogP contribution in [0.5, 0.6) is 5.75 Å². The van der Waals surface area contributed by atoms with Crippen molar-refractivity contribution < 1.29 is 13.2 Å². The third-order valence-corrected chi connectivity index (χ3v) is 4.11. The molecular formula is C16H27NO3S. The van der Waals surface area contributed by atoms with E-state index in [-0.39, 0.29) is 11.0 Å². The lowest BCUT2D eigenvalue weighted by Crippen LogP contribution is -2.43. The van der Waals surface area contributed by atoms with Gasteiger partial charge in [0.25, 0.3) is 0 Å². The van der Waals surface area contributed by atoms with Crippen LogP contribution in [0.3, 0.4) is 0 Å². The molecule has 1 aromatic rings. The average molecular weight is 313 g/mol. The van der Waals surface area contributed by atoms with Crippen molar-refractivity contribution in [1.29, 1.82) is 0 Å². The Morgan fingerprint density at radius 2 is 1.57 bits per heavy atom. The van der Waals surface area contributed by atoms with E-state index in [1.165, 1.54) is 6.26 Å². The predicted molar refractivity (Wildman–Crippen MR) is 86.6 cm³/mol. The van der Waals surface area contributed by atoms with Crippen LogP contribution in [0.15, 0.2) is 29.2 Å². The summed E-state index contributed by atoms with van der Waals surface area (Å²) >= 11 is 0. The average Bonchev–Trinajstić information content (AvgIpc) is 2.33. The molecule has 0 saturated carbocycles. The van der Waals surface area contributed by atoms with E-state index in [0.717, 1.165) is 6.54 Å². The van der Waals surface area contributed by atoms with Crippen LogP contribution in [0, 0.1) is 5.41 Å². The van der Waals surface area contributed by atoms with E-state index in [1.54, 1.807) is 24.3 Å². The van der Waals surface area contributed by atoms with Crippen LogP contribution in [0.1, 0.15) is 34.6 Å². The lowest BCUT2D eigenvalue weighted by molar-refractivity contribution is 0.166. The van der Waals surface area contributed by atoms with Crippen LogP contribution in [0.2, 0.25) is 0 Å². The van der Waals surface area contributed by atoms with Crippen molar-refractivity contribution in [3.05, 3.63) is 24.3 Å². The van der Waals surface area contributed by atoms with Gasteiger partial charge in [-0.05, 0) is 45.0 Å². The van der Waals surface area contributed by atoms with Crippen LogP contribution < -0.4 is 10.1 Å². The molecule has 1 N–H and O–H groups in total. The van der Waals surface area contributed by atoms with E-state index in [9.17, 15) is 8.42 Å². The highest BCUT2D eigenvalue weighted by Crippen LogP contribution is 2.20. The normalized spacial score (nSPS) is 13.2. The molecule has 0 fully saturated rings. The molecule has 0 aliphatic rings. The molecule has 120 valence electrons. The van der Waals surface area contributed by atoms with Crippen LogP contribution in [0.4, 0.5) is 0 Å². The minimum atomic E-state index is -3.15. The van der Waals surface area contributed by atoms with Gasteiger partial charge in [-0.1, -0.05) is 13.8 Å². The molecule has 0 radical (unpaired) electrons. The fourth-order valence-electron chi connectivity index (χ4n) is 1.62. The molecule has 5 heteroatoms. The summed E-state index contributed by atoms with van der Waals surface area (Å²) in [5.74, 6) is 0.686. The zero-order valence-electron chi connectivity index (χ0n) is 13.9. The standard InChI is InChI=1S/C16H27NO3S/c1-15(2,3)17-11-16(4,5)12-20-13-7-9-14(10-8-13)21(6,18)19/h7-10,17H,11-12H2,1-6H3. The highest BCUT2D eigenvalue weighted by molar-refractivity contribution is 7.90. The zero-order chi connectivity index (χ0) is 16.3. The first-order valence-electron chi connectivity index (χ1n) is 7.07. The van der Waals surface area contributed by atoms with E-state index in [1.807, 2.05) is 0 Å². The molecular weight excluding hydrogens is 286 g/mol. The maximum Gasteiger partial charge on any atom is 0.175 e. The lowest BCUT2D eigenvalue weighted by Gasteiger charge is -2.30. The fourth-order valence-corrected chi connectivity index (χ4v) is 2.25. The molecule has 0 saturated heterocycles. The molecule has 0 bridgehead atoms. The van der Waals surface area contributed by atoms with E-state index >= 15 is 0 Å². The van der Waals surface area contributed by atoms with Gasteiger partial charge in [-0.2, -0.15) is 0 Å². The number of hydrogen-bond donors (Lipinski definition) is 1. The second-order valence-corrected chi connectivity index (χ2v) is 9.32. The molecule has 21 heavy (non-hydrogen) atoms. The molecule has 4 nitrogen and oxygen atoms in total. The van der Waals surface area contributed by atoms with E-state index in [0.29, 0.717) is 17.3 Å². The van der Waals surface area contributed by atoms with Gasteiger partial charge >= 0.3 is 0 Å². The van der Waals surface area contributed by atoms with E-state index in [4.69, 9.17) is 4.74 Å². The first-order chi connectivity index (χ1) is 9.39. The third-order valence-electron chi connectivity index (χ3n) is 2.98. The molecule has 1 rings (SSSR count). The van der Waals surface area contributed by atoms with Gasteiger partial charge in [-0.15, -0.1) is 0 Å². The molecule has 0 heterocycles. The Labute approximate surface area is 128 Å². The summed E-state index contributed by atoms with van der Waals surface area (Å²) in [4.78, 5) is 0.309. The van der Waals surface area contributed by atoms with Gasteiger partial charge in [0.2, 0.25) is 0 Å². The number of sulfone groups is 1. The Morgan fingerprint density at radius 1 is 1.05 bits per heavy atom. The van der Waals surface area contributed by atoms with Crippen molar-refractivity contribution in [2.45, 2.75) is 45.1 Å². The Hall–Kier alpha value is -1.07. The van der Waals surface area contributed by atoms with E-state index in [2.05, 4.69) is 39.9 Å². The number of rotatable bonds is 6. The first-order valence-corrected chi connectivity index (χ1v) is 8.96. The van der Waals surface area contributed by atoms with Crippen molar-refractivity contribution in [2.24, 2.45) is 5.41 Å². The number of hydrogen-bond acceptors (Lipinski definition) is 4. The van der Waals surface area contributed by atoms with Crippen molar-refractivity contribution in [3.8, 4) is 5.75 Å². The van der Waals surface area contributed by atoms with Crippen LogP contribution in [0.25, 0.3) is 0 Å². The van der Waals surface area contributed by atoms with E-state index < -0.39 is 9.84 Å². The topological polar surface area (TPSA) is 55.4 Å². The van der Waals surface area contributed by atoms with Crippen molar-refractivity contribution in [1.82, 2.24) is 5.32 Å². The van der Waals surface area contributed by atoms with Gasteiger partial charge in [0.15, 0.2) is 9.84 Å². The SMILES string of the molecule is CC(C)(CNC(C)(C)C)COc1ccc(S(C)(=O)=O)cc1. The van der Waals surface area contributed by atoms with Gasteiger partial charge < -0.3 is 10.1 Å². The molecule has 0 aliphatic carbocycles. The van der Waals surface area contributed by atoms with Crippen molar-refractivity contribution in [2.75, 3.05) is 19.4 Å². The Morgan fingerprint density at radius 3 is 2.00 bits per heavy atom. The van der Waals surface area contributed by atoms with Crippen LogP contribution in [-0.4, -0.2) is 33.4 Å². The highest BCUT2D eigenvalue weighted by Gasteiger charge is 2.22. The summed E-state index contributed by atoms with van der Waals surface area (Å²) in [6, 6.07) is 6.55. The minimum absolute atomic E-state index is 0.0111. The van der Waals surface area contributed by atoms with Gasteiger partial charge in [0.1, 0.15) is 5.75 Å². The minimum Gasteiger partial charge on any atom is -0.493 e. The van der Waals surface area contributed by atoms with Crippen molar-refractivity contribution in [3.63, 3.8) is 0 Å². The molecule has 0 aromatic heterocycles. The first kappa shape index (κ1) is 18.0. The monoisotopic (exact) mass is 313 g/mol. The van der Waals surface area contributed by atoms with Gasteiger partial charge in [0.05, 0.1) is 11.5 Å². The summed E-state index contributed by atoms with van der Waals surface area (Å²) < 4.78 is 28.6. The summed E-state index contributed by atoms with van der Waals surface area (Å²) in [7, 11) is -3.15. The molecule has 0 aliphatic heterocycles. The second-order valence-electron chi connectivity index (χ2n) is 7.30. The molecule has 1 aromatic carbocycles. The molecule has 0 amide bonds. The fraction of sp³-hybridized carbons (Fsp3) is 0.625. The van der Waals surface area contributed by atoms with Crippen molar-refractivity contribution >= 4 is 9.84 Å². The second kappa shape index (κ2) is 6.36. The summed E-state index contributed by atoms with van der Waals surface area (Å²) in [6.07, 6.45) is 1.20. The number of benzene rings is 1. The number of nitrogens with one attached hydrogen (secondary N) is 1. The third kappa shape index (κ3) is 6.96. The smallest absolute Gasteiger partial charge is 0.175 e. The summed E-state index contributed by atoms with van der Waals surface area (Å²) in [5.41, 5.74) is 0.0667. The Kier molecular flexibility index (Phi) is 5.45. The van der Waals surface area contributed by atoms with Gasteiger partial charge in [-0.3, -0.25) is 0 Å². The highest BCUT2D eigenvalue weighted by atomic mass is 32.2. The summed E-state index contributed by atoms with van der Waals surface area (Å²) in [6.45, 7) is 12.1. The maximum atomic E-state index is 11.4. The molecule has 0 atom stereocenters. The Bertz CT molecular complexity index is 554. The van der Waals surface area contributed by atoms with Crippen LogP contribution in [-0.2, 0) is 9.84 Å².